The van der Waals surface area contributed by atoms with Gasteiger partial charge in [-0.15, -0.1) is 0 Å². The van der Waals surface area contributed by atoms with E-state index >= 15 is 0 Å². The maximum absolute atomic E-state index is 9.35. The zero-order chi connectivity index (χ0) is 4.99. The molecule has 36 valence electrons. The smallest absolute Gasteiger partial charge is 0.871 e. The molecule has 0 spiro atoms. The molecule has 0 aromatic rings. The minimum absolute atomic E-state index is 0. The van der Waals surface area contributed by atoms with E-state index in [9.17, 15) is 10.0 Å². The van der Waals surface area contributed by atoms with Crippen molar-refractivity contribution in [2.45, 2.75) is 6.92 Å². The van der Waals surface area contributed by atoms with Crippen LogP contribution in [0.5, 0.6) is 0 Å². The molecule has 3 nitrogen and oxygen atoms in total. The summed E-state index contributed by atoms with van der Waals surface area (Å²) in [6, 6.07) is 0. The second kappa shape index (κ2) is 11.7. The van der Waals surface area contributed by atoms with Crippen molar-refractivity contribution in [3.05, 3.63) is 0 Å². The maximum Gasteiger partial charge on any atom is 1.00 e. The molecular weight excluding hydrogens is 129 g/mol. The zero-order valence-electron chi connectivity index (χ0n) is 5.51. The zero-order valence-corrected chi connectivity index (χ0v) is 9.51. The molecule has 0 aliphatic carbocycles. The van der Waals surface area contributed by atoms with Crippen molar-refractivity contribution in [2.75, 3.05) is 6.61 Å². The molecule has 0 N–H and O–H groups in total. The van der Waals surface area contributed by atoms with E-state index in [1.165, 1.54) is 0 Å². The second-order valence-corrected chi connectivity index (χ2v) is 0.744. The van der Waals surface area contributed by atoms with Gasteiger partial charge in [-0.3, -0.25) is 0 Å². The van der Waals surface area contributed by atoms with Gasteiger partial charge in [-0.2, -0.15) is 0 Å². The van der Waals surface area contributed by atoms with E-state index in [-0.39, 0.29) is 65.7 Å². The molecule has 0 heterocycles. The van der Waals surface area contributed by atoms with Gasteiger partial charge in [0.05, 0.1) is 7.32 Å². The summed E-state index contributed by atoms with van der Waals surface area (Å²) in [5.41, 5.74) is 0. The minimum atomic E-state index is -2.10. The molecule has 0 bridgehead atoms. The molecule has 0 unspecified atom stereocenters. The fourth-order valence-electron chi connectivity index (χ4n) is 0.136. The molecule has 0 amide bonds. The van der Waals surface area contributed by atoms with Crippen LogP contribution in [0.2, 0.25) is 0 Å². The molecule has 0 aromatic heterocycles. The van der Waals surface area contributed by atoms with Crippen LogP contribution in [-0.4, -0.2) is 13.9 Å². The standard InChI is InChI=1S/C2H5BO3.2Na/c1-2-6-3(4)5;;/h2H2,1H3;;/q-2;2*+1. The van der Waals surface area contributed by atoms with E-state index in [2.05, 4.69) is 4.65 Å². The van der Waals surface area contributed by atoms with E-state index in [0.29, 0.717) is 0 Å². The van der Waals surface area contributed by atoms with Gasteiger partial charge >= 0.3 is 59.1 Å². The van der Waals surface area contributed by atoms with E-state index in [1.807, 2.05) is 0 Å². The average Bonchev–Trinajstić information content (AvgIpc) is 1.35. The van der Waals surface area contributed by atoms with Crippen molar-refractivity contribution < 1.29 is 73.8 Å². The van der Waals surface area contributed by atoms with Crippen LogP contribution in [0, 0.1) is 0 Å². The first kappa shape index (κ1) is 16.5. The van der Waals surface area contributed by atoms with E-state index in [4.69, 9.17) is 0 Å². The van der Waals surface area contributed by atoms with Gasteiger partial charge in [-0.05, 0) is 6.92 Å². The van der Waals surface area contributed by atoms with Crippen LogP contribution in [0.25, 0.3) is 0 Å². The van der Waals surface area contributed by atoms with Crippen molar-refractivity contribution in [1.29, 1.82) is 0 Å². The van der Waals surface area contributed by atoms with E-state index in [0.717, 1.165) is 0 Å². The van der Waals surface area contributed by atoms with Gasteiger partial charge in [-0.1, -0.05) is 0 Å². The predicted octanol–water partition coefficient (Wildman–Crippen LogP) is -8.26. The Bertz CT molecular complexity index is 36.5. The van der Waals surface area contributed by atoms with Crippen LogP contribution in [-0.2, 0) is 4.65 Å². The molecule has 0 radical (unpaired) electrons. The van der Waals surface area contributed by atoms with Gasteiger partial charge in [0, 0.05) is 6.61 Å². The Morgan fingerprint density at radius 2 is 1.75 bits per heavy atom. The third-order valence-corrected chi connectivity index (χ3v) is 0.303. The molecule has 0 saturated heterocycles. The van der Waals surface area contributed by atoms with E-state index in [1.54, 1.807) is 6.92 Å². The van der Waals surface area contributed by atoms with Gasteiger partial charge in [0.1, 0.15) is 0 Å². The van der Waals surface area contributed by atoms with Crippen molar-refractivity contribution >= 4 is 7.32 Å². The fourth-order valence-corrected chi connectivity index (χ4v) is 0.136. The predicted molar refractivity (Wildman–Crippen MR) is 17.4 cm³/mol. The van der Waals surface area contributed by atoms with E-state index < -0.39 is 7.32 Å². The molecule has 0 rings (SSSR count). The first-order chi connectivity index (χ1) is 2.77. The third kappa shape index (κ3) is 15.7. The topological polar surface area (TPSA) is 55.3 Å². The second-order valence-electron chi connectivity index (χ2n) is 0.744. The Morgan fingerprint density at radius 3 is 1.75 bits per heavy atom. The number of hydrogen-bond donors (Lipinski definition) is 0. The summed E-state index contributed by atoms with van der Waals surface area (Å²) in [5.74, 6) is 0. The molecule has 8 heavy (non-hydrogen) atoms. The summed E-state index contributed by atoms with van der Waals surface area (Å²) in [7, 11) is -2.10. The Labute approximate surface area is 93.6 Å². The summed E-state index contributed by atoms with van der Waals surface area (Å²) >= 11 is 0. The largest absolute Gasteiger partial charge is 1.00 e. The molecule has 0 aliphatic rings. The first-order valence-electron chi connectivity index (χ1n) is 1.70. The average molecular weight is 134 g/mol. The Kier molecular flexibility index (Phi) is 24.1. The Morgan fingerprint density at radius 1 is 1.38 bits per heavy atom. The monoisotopic (exact) mass is 134 g/mol. The van der Waals surface area contributed by atoms with Gasteiger partial charge in [0.25, 0.3) is 0 Å². The Hall–Kier alpha value is 1.94. The van der Waals surface area contributed by atoms with Gasteiger partial charge in [0.2, 0.25) is 0 Å². The SMILES string of the molecule is CCOB([O-])[O-].[Na+].[Na+]. The van der Waals surface area contributed by atoms with Gasteiger partial charge < -0.3 is 14.7 Å². The summed E-state index contributed by atoms with van der Waals surface area (Å²) < 4.78 is 3.93. The molecule has 0 fully saturated rings. The van der Waals surface area contributed by atoms with Crippen LogP contribution in [0.15, 0.2) is 0 Å². The normalized spacial score (nSPS) is 6.38. The van der Waals surface area contributed by atoms with Crippen LogP contribution in [0.4, 0.5) is 0 Å². The molecule has 0 saturated carbocycles. The van der Waals surface area contributed by atoms with Gasteiger partial charge in [0.15, 0.2) is 0 Å². The molecule has 0 aliphatic heterocycles. The van der Waals surface area contributed by atoms with Crippen molar-refractivity contribution in [3.8, 4) is 0 Å². The summed E-state index contributed by atoms with van der Waals surface area (Å²) in [4.78, 5) is 0. The quantitative estimate of drug-likeness (QED) is 0.352. The number of rotatable bonds is 2. The minimum Gasteiger partial charge on any atom is -0.871 e. The van der Waals surface area contributed by atoms with Crippen LogP contribution in [0.3, 0.4) is 0 Å². The van der Waals surface area contributed by atoms with Crippen molar-refractivity contribution in [2.24, 2.45) is 0 Å². The van der Waals surface area contributed by atoms with Gasteiger partial charge in [-0.25, -0.2) is 0 Å². The summed E-state index contributed by atoms with van der Waals surface area (Å²) in [5, 5.41) is 18.7. The maximum atomic E-state index is 9.35. The molecular formula is C2H5BNa2O3. The fraction of sp³-hybridized carbons (Fsp3) is 1.00. The molecule has 6 heteroatoms. The van der Waals surface area contributed by atoms with Crippen LogP contribution in [0.1, 0.15) is 6.92 Å². The molecule has 0 aromatic carbocycles. The Balaban J connectivity index is -0.000000125. The van der Waals surface area contributed by atoms with Crippen LogP contribution >= 0.6 is 0 Å². The third-order valence-electron chi connectivity index (χ3n) is 0.303. The summed E-state index contributed by atoms with van der Waals surface area (Å²) in [6.45, 7) is 1.81. The van der Waals surface area contributed by atoms with Crippen LogP contribution < -0.4 is 69.2 Å². The molecule has 0 atom stereocenters. The first-order valence-corrected chi connectivity index (χ1v) is 1.70. The van der Waals surface area contributed by atoms with Crippen molar-refractivity contribution in [1.82, 2.24) is 0 Å². The number of hydrogen-bond acceptors (Lipinski definition) is 3. The summed E-state index contributed by atoms with van der Waals surface area (Å²) in [6.07, 6.45) is 0. The van der Waals surface area contributed by atoms with Crippen molar-refractivity contribution in [3.63, 3.8) is 0 Å².